The summed E-state index contributed by atoms with van der Waals surface area (Å²) in [5, 5.41) is 4.75. The maximum Gasteiger partial charge on any atom is 0.136 e. The van der Waals surface area contributed by atoms with Crippen LogP contribution in [0.2, 0.25) is 0 Å². The third-order valence-corrected chi connectivity index (χ3v) is 10.9. The predicted molar refractivity (Wildman–Crippen MR) is 214 cm³/mol. The molecule has 0 radical (unpaired) electrons. The van der Waals surface area contributed by atoms with Crippen molar-refractivity contribution in [2.45, 2.75) is 19.3 Å². The summed E-state index contributed by atoms with van der Waals surface area (Å²) in [6, 6.07) is 63.6. The molecule has 0 atom stereocenters. The molecule has 0 fully saturated rings. The minimum Gasteiger partial charge on any atom is -0.456 e. The molecular weight excluding hydrogens is 619 g/mol. The van der Waals surface area contributed by atoms with E-state index in [0.717, 1.165) is 33.5 Å². The second kappa shape index (κ2) is 11.3. The van der Waals surface area contributed by atoms with Crippen molar-refractivity contribution in [3.63, 3.8) is 0 Å². The van der Waals surface area contributed by atoms with Crippen LogP contribution in [0.4, 0.5) is 17.1 Å². The average molecular weight is 654 g/mol. The third-order valence-electron chi connectivity index (χ3n) is 10.9. The van der Waals surface area contributed by atoms with E-state index in [0.29, 0.717) is 0 Å². The zero-order valence-corrected chi connectivity index (χ0v) is 28.6. The van der Waals surface area contributed by atoms with E-state index in [4.69, 9.17) is 4.42 Å². The van der Waals surface area contributed by atoms with Gasteiger partial charge < -0.3 is 9.32 Å². The fraction of sp³-hybridized carbons (Fsp3) is 0.0612. The highest BCUT2D eigenvalue weighted by atomic mass is 16.3. The Morgan fingerprint density at radius 2 is 1.02 bits per heavy atom. The molecule has 0 bridgehead atoms. The monoisotopic (exact) mass is 653 g/mol. The van der Waals surface area contributed by atoms with Crippen LogP contribution in [0, 0.1) is 0 Å². The number of benzene rings is 8. The van der Waals surface area contributed by atoms with Gasteiger partial charge in [-0.1, -0.05) is 147 Å². The van der Waals surface area contributed by atoms with Gasteiger partial charge >= 0.3 is 0 Å². The number of furan rings is 1. The molecule has 2 nitrogen and oxygen atoms in total. The Kier molecular flexibility index (Phi) is 6.56. The average Bonchev–Trinajstić information content (AvgIpc) is 3.68. The Hall–Kier alpha value is -6.38. The number of hydrogen-bond donors (Lipinski definition) is 0. The van der Waals surface area contributed by atoms with Gasteiger partial charge in [0.1, 0.15) is 11.2 Å². The molecule has 9 aromatic rings. The summed E-state index contributed by atoms with van der Waals surface area (Å²) in [6.45, 7) is 4.69. The number of rotatable bonds is 5. The van der Waals surface area contributed by atoms with E-state index in [2.05, 4.69) is 189 Å². The Morgan fingerprint density at radius 3 is 1.78 bits per heavy atom. The fourth-order valence-corrected chi connectivity index (χ4v) is 8.40. The topological polar surface area (TPSA) is 16.4 Å². The first-order chi connectivity index (χ1) is 25.1. The number of para-hydroxylation sites is 1. The molecule has 0 amide bonds. The fourth-order valence-electron chi connectivity index (χ4n) is 8.40. The zero-order valence-electron chi connectivity index (χ0n) is 28.6. The maximum atomic E-state index is 6.42. The van der Waals surface area contributed by atoms with Crippen LogP contribution in [-0.2, 0) is 5.41 Å². The lowest BCUT2D eigenvalue weighted by atomic mass is 9.82. The molecule has 0 spiro atoms. The van der Waals surface area contributed by atoms with Crippen molar-refractivity contribution in [2.24, 2.45) is 0 Å². The molecule has 242 valence electrons. The first kappa shape index (κ1) is 29.5. The second-order valence-corrected chi connectivity index (χ2v) is 14.1. The van der Waals surface area contributed by atoms with Gasteiger partial charge in [-0.15, -0.1) is 0 Å². The quantitative estimate of drug-likeness (QED) is 0.184. The SMILES string of the molecule is CC1(C)c2ccccc2-c2c(N(c3ccc(-c4ccccc4)cc3)c3ccc(-c4cc5oc6ccccc6c5c5ccccc45)cc3)cccc21. The largest absolute Gasteiger partial charge is 0.456 e. The number of anilines is 3. The molecule has 0 N–H and O–H groups in total. The summed E-state index contributed by atoms with van der Waals surface area (Å²) in [5.74, 6) is 0. The first-order valence-electron chi connectivity index (χ1n) is 17.7. The van der Waals surface area contributed by atoms with Crippen LogP contribution in [0.1, 0.15) is 25.0 Å². The van der Waals surface area contributed by atoms with Crippen molar-refractivity contribution in [1.29, 1.82) is 0 Å². The summed E-state index contributed by atoms with van der Waals surface area (Å²) in [5.41, 5.74) is 15.2. The number of nitrogens with zero attached hydrogens (tertiary/aromatic N) is 1. The molecule has 1 heterocycles. The van der Waals surface area contributed by atoms with Crippen molar-refractivity contribution in [3.8, 4) is 33.4 Å². The molecule has 1 aliphatic rings. The summed E-state index contributed by atoms with van der Waals surface area (Å²) < 4.78 is 6.42. The van der Waals surface area contributed by atoms with Gasteiger partial charge in [0, 0.05) is 33.1 Å². The Morgan fingerprint density at radius 1 is 0.431 bits per heavy atom. The van der Waals surface area contributed by atoms with E-state index in [-0.39, 0.29) is 5.41 Å². The Balaban J connectivity index is 1.15. The van der Waals surface area contributed by atoms with Crippen LogP contribution in [0.3, 0.4) is 0 Å². The zero-order chi connectivity index (χ0) is 34.1. The Labute approximate surface area is 297 Å². The minimum absolute atomic E-state index is 0.0923. The van der Waals surface area contributed by atoms with Crippen molar-refractivity contribution in [1.82, 2.24) is 0 Å². The highest BCUT2D eigenvalue weighted by Gasteiger charge is 2.37. The number of hydrogen-bond acceptors (Lipinski definition) is 2. The molecular formula is C49H35NO. The van der Waals surface area contributed by atoms with Crippen LogP contribution in [0.5, 0.6) is 0 Å². The van der Waals surface area contributed by atoms with Crippen molar-refractivity contribution >= 4 is 49.8 Å². The molecule has 0 unspecified atom stereocenters. The van der Waals surface area contributed by atoms with E-state index >= 15 is 0 Å². The van der Waals surface area contributed by atoms with Crippen LogP contribution < -0.4 is 4.90 Å². The molecule has 51 heavy (non-hydrogen) atoms. The van der Waals surface area contributed by atoms with Gasteiger partial charge in [0.25, 0.3) is 0 Å². The lowest BCUT2D eigenvalue weighted by Crippen LogP contribution is -2.16. The standard InChI is InChI=1S/C49H35NO/c1-49(2)42-19-10-8-17-39(42)48-43(49)20-12-21-44(48)50(35-27-23-33(24-28-35)32-13-4-3-5-14-32)36-29-25-34(26-30-36)41-31-46-47(38-16-7-6-15-37(38)41)40-18-9-11-22-45(40)51-46/h3-31H,1-2H3. The summed E-state index contributed by atoms with van der Waals surface area (Å²) in [4.78, 5) is 2.43. The second-order valence-electron chi connectivity index (χ2n) is 14.1. The third kappa shape index (κ3) is 4.57. The van der Waals surface area contributed by atoms with E-state index < -0.39 is 0 Å². The van der Waals surface area contributed by atoms with Crippen molar-refractivity contribution in [3.05, 3.63) is 187 Å². The molecule has 2 heteroatoms. The number of fused-ring (bicyclic) bond motifs is 8. The molecule has 1 aromatic heterocycles. The van der Waals surface area contributed by atoms with Crippen LogP contribution >= 0.6 is 0 Å². The highest BCUT2D eigenvalue weighted by molar-refractivity contribution is 6.22. The van der Waals surface area contributed by atoms with Crippen LogP contribution in [0.25, 0.3) is 66.1 Å². The van der Waals surface area contributed by atoms with Gasteiger partial charge in [-0.05, 0) is 92.2 Å². The summed E-state index contributed by atoms with van der Waals surface area (Å²) >= 11 is 0. The van der Waals surface area contributed by atoms with Gasteiger partial charge in [-0.2, -0.15) is 0 Å². The minimum atomic E-state index is -0.0923. The predicted octanol–water partition coefficient (Wildman–Crippen LogP) is 13.8. The van der Waals surface area contributed by atoms with E-state index in [1.165, 1.54) is 60.8 Å². The summed E-state index contributed by atoms with van der Waals surface area (Å²) in [7, 11) is 0. The molecule has 0 aliphatic heterocycles. The normalized spacial score (nSPS) is 13.1. The lowest BCUT2D eigenvalue weighted by molar-refractivity contribution is 0.660. The van der Waals surface area contributed by atoms with Gasteiger partial charge in [0.15, 0.2) is 0 Å². The van der Waals surface area contributed by atoms with Crippen LogP contribution in [-0.4, -0.2) is 0 Å². The van der Waals surface area contributed by atoms with Gasteiger partial charge in [-0.25, -0.2) is 0 Å². The lowest BCUT2D eigenvalue weighted by Gasteiger charge is -2.29. The molecule has 1 aliphatic carbocycles. The van der Waals surface area contributed by atoms with Crippen molar-refractivity contribution < 1.29 is 4.42 Å². The van der Waals surface area contributed by atoms with Gasteiger partial charge in [-0.3, -0.25) is 0 Å². The maximum absolute atomic E-state index is 6.42. The van der Waals surface area contributed by atoms with E-state index in [1.54, 1.807) is 0 Å². The molecule has 0 saturated carbocycles. The molecule has 8 aromatic carbocycles. The van der Waals surface area contributed by atoms with Gasteiger partial charge in [0.05, 0.1) is 5.69 Å². The van der Waals surface area contributed by atoms with E-state index in [1.807, 2.05) is 6.07 Å². The first-order valence-corrected chi connectivity index (χ1v) is 17.7. The van der Waals surface area contributed by atoms with Gasteiger partial charge in [0.2, 0.25) is 0 Å². The van der Waals surface area contributed by atoms with E-state index in [9.17, 15) is 0 Å². The Bertz CT molecular complexity index is 2750. The highest BCUT2D eigenvalue weighted by Crippen LogP contribution is 2.54. The molecule has 0 saturated heterocycles. The van der Waals surface area contributed by atoms with Crippen molar-refractivity contribution in [2.75, 3.05) is 4.90 Å². The van der Waals surface area contributed by atoms with Crippen LogP contribution in [0.15, 0.2) is 180 Å². The molecule has 10 rings (SSSR count). The summed E-state index contributed by atoms with van der Waals surface area (Å²) in [6.07, 6.45) is 0. The smallest absolute Gasteiger partial charge is 0.136 e.